The number of anilines is 1. The predicted octanol–water partition coefficient (Wildman–Crippen LogP) is 2.43. The maximum atomic E-state index is 11.9. The molecule has 0 atom stereocenters. The molecule has 0 bridgehead atoms. The maximum absolute atomic E-state index is 11.9. The molecule has 0 unspecified atom stereocenters. The van der Waals surface area contributed by atoms with Gasteiger partial charge in [-0.25, -0.2) is 0 Å². The highest BCUT2D eigenvalue weighted by molar-refractivity contribution is 5.90. The maximum Gasteiger partial charge on any atom is 0.255 e. The number of amides is 2. The van der Waals surface area contributed by atoms with E-state index in [0.29, 0.717) is 24.3 Å². The van der Waals surface area contributed by atoms with Gasteiger partial charge in [0.25, 0.3) is 5.91 Å². The first-order chi connectivity index (χ1) is 11.0. The van der Waals surface area contributed by atoms with Crippen LogP contribution in [0.3, 0.4) is 0 Å². The molecule has 0 aliphatic heterocycles. The molecule has 0 heterocycles. The fourth-order valence-electron chi connectivity index (χ4n) is 2.03. The Labute approximate surface area is 135 Å². The van der Waals surface area contributed by atoms with Crippen molar-refractivity contribution < 1.29 is 14.3 Å². The van der Waals surface area contributed by atoms with E-state index in [4.69, 9.17) is 10.5 Å². The number of benzene rings is 2. The van der Waals surface area contributed by atoms with Gasteiger partial charge in [-0.05, 0) is 43.2 Å². The Morgan fingerprint density at radius 1 is 1.04 bits per heavy atom. The SMILES string of the molecule is Cc1ccc(CCC(=O)Nc2ccc(OCC(N)=O)cc2)cc1. The van der Waals surface area contributed by atoms with Crippen LogP contribution in [-0.2, 0) is 16.0 Å². The number of nitrogens with one attached hydrogen (secondary N) is 1. The fourth-order valence-corrected chi connectivity index (χ4v) is 2.03. The molecule has 0 spiro atoms. The van der Waals surface area contributed by atoms with Gasteiger partial charge in [0.1, 0.15) is 5.75 Å². The average Bonchev–Trinajstić information content (AvgIpc) is 2.53. The van der Waals surface area contributed by atoms with Gasteiger partial charge < -0.3 is 15.8 Å². The largest absolute Gasteiger partial charge is 0.484 e. The Balaban J connectivity index is 1.80. The Morgan fingerprint density at radius 2 is 1.70 bits per heavy atom. The lowest BCUT2D eigenvalue weighted by atomic mass is 10.1. The molecule has 5 nitrogen and oxygen atoms in total. The zero-order valence-electron chi connectivity index (χ0n) is 13.0. The molecular formula is C18H20N2O3. The topological polar surface area (TPSA) is 81.4 Å². The minimum absolute atomic E-state index is 0.0450. The van der Waals surface area contributed by atoms with Crippen molar-refractivity contribution >= 4 is 17.5 Å². The summed E-state index contributed by atoms with van der Waals surface area (Å²) in [4.78, 5) is 22.6. The molecule has 23 heavy (non-hydrogen) atoms. The van der Waals surface area contributed by atoms with Gasteiger partial charge in [-0.3, -0.25) is 9.59 Å². The number of hydrogen-bond donors (Lipinski definition) is 2. The first-order valence-electron chi connectivity index (χ1n) is 7.39. The van der Waals surface area contributed by atoms with Crippen LogP contribution in [0.5, 0.6) is 5.75 Å². The minimum atomic E-state index is -0.529. The lowest BCUT2D eigenvalue weighted by Crippen LogP contribution is -2.20. The van der Waals surface area contributed by atoms with Crippen LogP contribution in [0.25, 0.3) is 0 Å². The van der Waals surface area contributed by atoms with E-state index in [2.05, 4.69) is 5.32 Å². The molecule has 3 N–H and O–H groups in total. The average molecular weight is 312 g/mol. The summed E-state index contributed by atoms with van der Waals surface area (Å²) in [6.45, 7) is 1.87. The Bertz CT molecular complexity index is 664. The van der Waals surface area contributed by atoms with Gasteiger partial charge in [-0.1, -0.05) is 29.8 Å². The van der Waals surface area contributed by atoms with Crippen molar-refractivity contribution in [3.8, 4) is 5.75 Å². The van der Waals surface area contributed by atoms with Gasteiger partial charge in [0.2, 0.25) is 5.91 Å². The minimum Gasteiger partial charge on any atom is -0.484 e. The van der Waals surface area contributed by atoms with Crippen molar-refractivity contribution in [1.29, 1.82) is 0 Å². The molecule has 2 rings (SSSR count). The summed E-state index contributed by atoms with van der Waals surface area (Å²) in [7, 11) is 0. The van der Waals surface area contributed by atoms with Crippen LogP contribution < -0.4 is 15.8 Å². The Kier molecular flexibility index (Phi) is 5.74. The number of carbonyl (C=O) groups is 2. The van der Waals surface area contributed by atoms with E-state index in [-0.39, 0.29) is 12.5 Å². The van der Waals surface area contributed by atoms with Crippen molar-refractivity contribution in [3.63, 3.8) is 0 Å². The lowest BCUT2D eigenvalue weighted by Gasteiger charge is -2.07. The summed E-state index contributed by atoms with van der Waals surface area (Å²) >= 11 is 0. The molecule has 0 aromatic heterocycles. The van der Waals surface area contributed by atoms with Gasteiger partial charge in [0.05, 0.1) is 0 Å². The quantitative estimate of drug-likeness (QED) is 0.824. The van der Waals surface area contributed by atoms with E-state index in [1.807, 2.05) is 31.2 Å². The van der Waals surface area contributed by atoms with Crippen LogP contribution in [0.4, 0.5) is 5.69 Å². The molecule has 0 aliphatic rings. The van der Waals surface area contributed by atoms with Crippen molar-refractivity contribution in [3.05, 3.63) is 59.7 Å². The molecule has 2 aromatic rings. The number of nitrogens with two attached hydrogens (primary N) is 1. The van der Waals surface area contributed by atoms with E-state index in [9.17, 15) is 9.59 Å². The van der Waals surface area contributed by atoms with E-state index >= 15 is 0 Å². The van der Waals surface area contributed by atoms with E-state index < -0.39 is 5.91 Å². The number of carbonyl (C=O) groups excluding carboxylic acids is 2. The standard InChI is InChI=1S/C18H20N2O3/c1-13-2-4-14(5-3-13)6-11-18(22)20-15-7-9-16(10-8-15)23-12-17(19)21/h2-5,7-10H,6,11-12H2,1H3,(H2,19,21)(H,20,22). The third kappa shape index (κ3) is 5.82. The van der Waals surface area contributed by atoms with Crippen LogP contribution in [-0.4, -0.2) is 18.4 Å². The predicted molar refractivity (Wildman–Crippen MR) is 89.3 cm³/mol. The second-order valence-corrected chi connectivity index (χ2v) is 5.31. The first-order valence-corrected chi connectivity index (χ1v) is 7.39. The highest BCUT2D eigenvalue weighted by Gasteiger charge is 2.04. The fraction of sp³-hybridized carbons (Fsp3) is 0.222. The smallest absolute Gasteiger partial charge is 0.255 e. The number of hydrogen-bond acceptors (Lipinski definition) is 3. The number of primary amides is 1. The number of aryl methyl sites for hydroxylation is 2. The van der Waals surface area contributed by atoms with Crippen LogP contribution in [0.2, 0.25) is 0 Å². The van der Waals surface area contributed by atoms with Crippen LogP contribution >= 0.6 is 0 Å². The van der Waals surface area contributed by atoms with Gasteiger partial charge in [-0.2, -0.15) is 0 Å². The van der Waals surface area contributed by atoms with Crippen LogP contribution in [0.15, 0.2) is 48.5 Å². The second-order valence-electron chi connectivity index (χ2n) is 5.31. The second kappa shape index (κ2) is 7.98. The molecule has 2 aromatic carbocycles. The summed E-state index contributed by atoms with van der Waals surface area (Å²) in [5.41, 5.74) is 8.04. The molecule has 0 saturated carbocycles. The summed E-state index contributed by atoms with van der Waals surface area (Å²) in [6, 6.07) is 15.0. The van der Waals surface area contributed by atoms with Gasteiger partial charge >= 0.3 is 0 Å². The lowest BCUT2D eigenvalue weighted by molar-refractivity contribution is -0.120. The van der Waals surface area contributed by atoms with Crippen molar-refractivity contribution in [2.75, 3.05) is 11.9 Å². The summed E-state index contributed by atoms with van der Waals surface area (Å²) in [5.74, 6) is -0.0451. The van der Waals surface area contributed by atoms with Crippen molar-refractivity contribution in [2.45, 2.75) is 19.8 Å². The third-order valence-corrected chi connectivity index (χ3v) is 3.28. The monoisotopic (exact) mass is 312 g/mol. The molecule has 5 heteroatoms. The Morgan fingerprint density at radius 3 is 2.30 bits per heavy atom. The van der Waals surface area contributed by atoms with Crippen LogP contribution in [0.1, 0.15) is 17.5 Å². The van der Waals surface area contributed by atoms with E-state index in [1.165, 1.54) is 5.56 Å². The molecule has 0 fully saturated rings. The highest BCUT2D eigenvalue weighted by atomic mass is 16.5. The van der Waals surface area contributed by atoms with E-state index in [1.54, 1.807) is 24.3 Å². The zero-order valence-corrected chi connectivity index (χ0v) is 13.0. The first kappa shape index (κ1) is 16.5. The van der Waals surface area contributed by atoms with Crippen molar-refractivity contribution in [2.24, 2.45) is 5.73 Å². The zero-order chi connectivity index (χ0) is 16.7. The highest BCUT2D eigenvalue weighted by Crippen LogP contribution is 2.16. The van der Waals surface area contributed by atoms with Gasteiger partial charge in [-0.15, -0.1) is 0 Å². The molecular weight excluding hydrogens is 292 g/mol. The molecule has 120 valence electrons. The van der Waals surface area contributed by atoms with Gasteiger partial charge in [0.15, 0.2) is 6.61 Å². The summed E-state index contributed by atoms with van der Waals surface area (Å²) in [5, 5.41) is 2.83. The number of rotatable bonds is 7. The van der Waals surface area contributed by atoms with Gasteiger partial charge in [0, 0.05) is 12.1 Å². The van der Waals surface area contributed by atoms with Crippen molar-refractivity contribution in [1.82, 2.24) is 0 Å². The Hall–Kier alpha value is -2.82. The summed E-state index contributed by atoms with van der Waals surface area (Å²) < 4.78 is 5.16. The normalized spacial score (nSPS) is 10.1. The molecule has 2 amide bonds. The molecule has 0 saturated heterocycles. The van der Waals surface area contributed by atoms with Crippen LogP contribution in [0, 0.1) is 6.92 Å². The molecule has 0 aliphatic carbocycles. The van der Waals surface area contributed by atoms with E-state index in [0.717, 1.165) is 5.56 Å². The molecule has 0 radical (unpaired) electrons. The third-order valence-electron chi connectivity index (χ3n) is 3.28. The summed E-state index contributed by atoms with van der Waals surface area (Å²) in [6.07, 6.45) is 1.12. The number of ether oxygens (including phenoxy) is 1.